The van der Waals surface area contributed by atoms with Crippen molar-refractivity contribution in [2.24, 2.45) is 0 Å². The van der Waals surface area contributed by atoms with Crippen LogP contribution >= 0.6 is 0 Å². The molecule has 2 aromatic rings. The van der Waals surface area contributed by atoms with Crippen LogP contribution < -0.4 is 0 Å². The quantitative estimate of drug-likeness (QED) is 0.871. The number of aromatic nitrogens is 2. The monoisotopic (exact) mass is 274 g/mol. The van der Waals surface area contributed by atoms with Crippen molar-refractivity contribution in [3.63, 3.8) is 0 Å². The summed E-state index contributed by atoms with van der Waals surface area (Å²) in [5, 5.41) is 13.0. The van der Waals surface area contributed by atoms with E-state index in [0.29, 0.717) is 5.69 Å². The van der Waals surface area contributed by atoms with Crippen LogP contribution in [0.15, 0.2) is 36.5 Å². The number of carboxylic acids is 1. The van der Waals surface area contributed by atoms with E-state index in [-0.39, 0.29) is 11.5 Å². The third-order valence-corrected chi connectivity index (χ3v) is 2.87. The molecule has 0 aliphatic rings. The molecule has 0 radical (unpaired) electrons. The van der Waals surface area contributed by atoms with Crippen molar-refractivity contribution in [2.75, 3.05) is 0 Å². The smallest absolute Gasteiger partial charge is 0.328 e. The van der Waals surface area contributed by atoms with E-state index in [1.165, 1.54) is 12.1 Å². The standard InChI is InChI=1S/C15H15FN2O2/c1-10(2)13-8-9-18(17-13)14-5-3-4-12(16)11(14)6-7-15(19)20/h3-10H,1-2H3,(H,19,20)/b7-6+. The zero-order valence-corrected chi connectivity index (χ0v) is 11.2. The molecule has 0 spiro atoms. The number of halogens is 1. The Balaban J connectivity index is 2.50. The van der Waals surface area contributed by atoms with Crippen molar-refractivity contribution < 1.29 is 14.3 Å². The fraction of sp³-hybridized carbons (Fsp3) is 0.200. The van der Waals surface area contributed by atoms with Crippen molar-refractivity contribution in [1.29, 1.82) is 0 Å². The van der Waals surface area contributed by atoms with E-state index in [0.717, 1.165) is 11.8 Å². The van der Waals surface area contributed by atoms with Gasteiger partial charge in [0.1, 0.15) is 5.82 Å². The maximum Gasteiger partial charge on any atom is 0.328 e. The van der Waals surface area contributed by atoms with E-state index < -0.39 is 11.8 Å². The third kappa shape index (κ3) is 2.93. The Labute approximate surface area is 116 Å². The number of carbonyl (C=O) groups is 1. The molecule has 1 aromatic heterocycles. The molecule has 0 fully saturated rings. The first-order chi connectivity index (χ1) is 9.49. The van der Waals surface area contributed by atoms with Gasteiger partial charge in [-0.2, -0.15) is 5.10 Å². The Bertz CT molecular complexity index is 660. The van der Waals surface area contributed by atoms with Crippen molar-refractivity contribution in [1.82, 2.24) is 9.78 Å². The van der Waals surface area contributed by atoms with Crippen LogP contribution in [0.3, 0.4) is 0 Å². The van der Waals surface area contributed by atoms with Gasteiger partial charge in [0.05, 0.1) is 11.4 Å². The van der Waals surface area contributed by atoms with E-state index in [9.17, 15) is 9.18 Å². The summed E-state index contributed by atoms with van der Waals surface area (Å²) in [6.07, 6.45) is 3.89. The van der Waals surface area contributed by atoms with Crippen molar-refractivity contribution in [2.45, 2.75) is 19.8 Å². The number of benzene rings is 1. The maximum absolute atomic E-state index is 13.9. The minimum atomic E-state index is -1.12. The first-order valence-corrected chi connectivity index (χ1v) is 6.24. The summed E-state index contributed by atoms with van der Waals surface area (Å²) in [7, 11) is 0. The van der Waals surface area contributed by atoms with E-state index >= 15 is 0 Å². The SMILES string of the molecule is CC(C)c1ccn(-c2cccc(F)c2/C=C/C(=O)O)n1. The van der Waals surface area contributed by atoms with Crippen LogP contribution in [-0.2, 0) is 4.79 Å². The van der Waals surface area contributed by atoms with E-state index in [2.05, 4.69) is 5.10 Å². The first-order valence-electron chi connectivity index (χ1n) is 6.24. The lowest BCUT2D eigenvalue weighted by atomic mass is 10.1. The molecule has 2 rings (SSSR count). The molecule has 104 valence electrons. The molecule has 0 saturated heterocycles. The molecule has 0 unspecified atom stereocenters. The van der Waals surface area contributed by atoms with E-state index in [1.807, 2.05) is 19.9 Å². The summed E-state index contributed by atoms with van der Waals surface area (Å²) in [6.45, 7) is 4.03. The van der Waals surface area contributed by atoms with Gasteiger partial charge >= 0.3 is 5.97 Å². The van der Waals surface area contributed by atoms with Gasteiger partial charge in [-0.25, -0.2) is 13.9 Å². The van der Waals surface area contributed by atoms with Crippen LogP contribution in [0.5, 0.6) is 0 Å². The molecule has 1 aromatic carbocycles. The summed E-state index contributed by atoms with van der Waals surface area (Å²) >= 11 is 0. The highest BCUT2D eigenvalue weighted by Gasteiger charge is 2.10. The number of hydrogen-bond acceptors (Lipinski definition) is 2. The summed E-state index contributed by atoms with van der Waals surface area (Å²) < 4.78 is 15.4. The number of rotatable bonds is 4. The molecule has 1 N–H and O–H groups in total. The average Bonchev–Trinajstić information content (AvgIpc) is 2.86. The lowest BCUT2D eigenvalue weighted by Crippen LogP contribution is -2.01. The normalized spacial score (nSPS) is 11.4. The fourth-order valence-electron chi connectivity index (χ4n) is 1.83. The molecule has 4 nitrogen and oxygen atoms in total. The zero-order valence-electron chi connectivity index (χ0n) is 11.2. The lowest BCUT2D eigenvalue weighted by Gasteiger charge is -2.07. The van der Waals surface area contributed by atoms with Crippen LogP contribution in [-0.4, -0.2) is 20.9 Å². The Hall–Kier alpha value is -2.43. The second-order valence-corrected chi connectivity index (χ2v) is 4.68. The molecule has 20 heavy (non-hydrogen) atoms. The molecule has 5 heteroatoms. The average molecular weight is 274 g/mol. The summed E-state index contributed by atoms with van der Waals surface area (Å²) in [6, 6.07) is 6.42. The Morgan fingerprint density at radius 2 is 2.15 bits per heavy atom. The van der Waals surface area contributed by atoms with Gasteiger partial charge in [0.2, 0.25) is 0 Å². The maximum atomic E-state index is 13.9. The highest BCUT2D eigenvalue weighted by Crippen LogP contribution is 2.21. The van der Waals surface area contributed by atoms with Gasteiger partial charge in [-0.15, -0.1) is 0 Å². The fourth-order valence-corrected chi connectivity index (χ4v) is 1.83. The summed E-state index contributed by atoms with van der Waals surface area (Å²) in [5.74, 6) is -1.34. The van der Waals surface area contributed by atoms with Crippen LogP contribution in [0.25, 0.3) is 11.8 Å². The predicted octanol–water partition coefficient (Wildman–Crippen LogP) is 3.23. The number of hydrogen-bond donors (Lipinski definition) is 1. The molecule has 0 amide bonds. The summed E-state index contributed by atoms with van der Waals surface area (Å²) in [4.78, 5) is 10.6. The lowest BCUT2D eigenvalue weighted by molar-refractivity contribution is -0.131. The highest BCUT2D eigenvalue weighted by atomic mass is 19.1. The number of nitrogens with zero attached hydrogens (tertiary/aromatic N) is 2. The third-order valence-electron chi connectivity index (χ3n) is 2.87. The van der Waals surface area contributed by atoms with Gasteiger partial charge in [-0.05, 0) is 30.2 Å². The van der Waals surface area contributed by atoms with Crippen LogP contribution in [0, 0.1) is 5.82 Å². The predicted molar refractivity (Wildman–Crippen MR) is 74.3 cm³/mol. The van der Waals surface area contributed by atoms with Gasteiger partial charge in [-0.3, -0.25) is 0 Å². The molecule has 1 heterocycles. The van der Waals surface area contributed by atoms with Gasteiger partial charge in [0.25, 0.3) is 0 Å². The molecule has 0 aliphatic carbocycles. The molecule has 0 bridgehead atoms. The Morgan fingerprint density at radius 3 is 2.75 bits per heavy atom. The van der Waals surface area contributed by atoms with Gasteiger partial charge < -0.3 is 5.11 Å². The second-order valence-electron chi connectivity index (χ2n) is 4.68. The van der Waals surface area contributed by atoms with Crippen LogP contribution in [0.4, 0.5) is 4.39 Å². The molecule has 0 aliphatic heterocycles. The number of carboxylic acid groups (broad SMARTS) is 1. The van der Waals surface area contributed by atoms with Crippen LogP contribution in [0.2, 0.25) is 0 Å². The minimum absolute atomic E-state index is 0.202. The zero-order chi connectivity index (χ0) is 14.7. The van der Waals surface area contributed by atoms with Crippen molar-refractivity contribution >= 4 is 12.0 Å². The molecule has 0 atom stereocenters. The number of aliphatic carboxylic acids is 1. The Kier molecular flexibility index (Phi) is 3.98. The molecular weight excluding hydrogens is 259 g/mol. The van der Waals surface area contributed by atoms with Gasteiger partial charge in [0, 0.05) is 17.8 Å². The largest absolute Gasteiger partial charge is 0.478 e. The van der Waals surface area contributed by atoms with Crippen molar-refractivity contribution in [3.8, 4) is 5.69 Å². The first kappa shape index (κ1) is 14.0. The Morgan fingerprint density at radius 1 is 1.40 bits per heavy atom. The second kappa shape index (κ2) is 5.69. The van der Waals surface area contributed by atoms with E-state index in [1.54, 1.807) is 23.0 Å². The van der Waals surface area contributed by atoms with E-state index in [4.69, 9.17) is 5.11 Å². The minimum Gasteiger partial charge on any atom is -0.478 e. The van der Waals surface area contributed by atoms with Crippen LogP contribution in [0.1, 0.15) is 31.0 Å². The molecular formula is C15H15FN2O2. The highest BCUT2D eigenvalue weighted by molar-refractivity contribution is 5.86. The van der Waals surface area contributed by atoms with Gasteiger partial charge in [0.15, 0.2) is 0 Å². The van der Waals surface area contributed by atoms with Gasteiger partial charge in [-0.1, -0.05) is 19.9 Å². The summed E-state index contributed by atoms with van der Waals surface area (Å²) in [5.41, 5.74) is 1.60. The van der Waals surface area contributed by atoms with Crippen molar-refractivity contribution in [3.05, 3.63) is 53.6 Å². The molecule has 0 saturated carbocycles. The topological polar surface area (TPSA) is 55.1 Å².